The third-order valence-electron chi connectivity index (χ3n) is 3.01. The van der Waals surface area contributed by atoms with Crippen LogP contribution >= 0.6 is 12.2 Å². The summed E-state index contributed by atoms with van der Waals surface area (Å²) in [4.78, 5) is 0. The lowest BCUT2D eigenvalue weighted by Gasteiger charge is -2.12. The van der Waals surface area contributed by atoms with Gasteiger partial charge in [-0.15, -0.1) is 0 Å². The van der Waals surface area contributed by atoms with E-state index >= 15 is 0 Å². The molecule has 20 heavy (non-hydrogen) atoms. The molecule has 0 amide bonds. The van der Waals surface area contributed by atoms with Gasteiger partial charge < -0.3 is 10.6 Å². The van der Waals surface area contributed by atoms with E-state index in [0.29, 0.717) is 10.7 Å². The van der Waals surface area contributed by atoms with Crippen LogP contribution in [-0.4, -0.2) is 5.11 Å². The Hall–Kier alpha value is -2.38. The molecule has 2 N–H and O–H groups in total. The monoisotopic (exact) mass is 281 g/mol. The van der Waals surface area contributed by atoms with Crippen LogP contribution in [0, 0.1) is 25.2 Å². The zero-order valence-corrected chi connectivity index (χ0v) is 12.2. The SMILES string of the molecule is Cc1ccc(NC(=S)Nc2cccc(C#N)c2)cc1C. The van der Waals surface area contributed by atoms with Crippen LogP contribution in [-0.2, 0) is 0 Å². The summed E-state index contributed by atoms with van der Waals surface area (Å²) in [7, 11) is 0. The molecule has 0 fully saturated rings. The molecule has 0 aromatic heterocycles. The summed E-state index contributed by atoms with van der Waals surface area (Å²) in [6.45, 7) is 4.14. The van der Waals surface area contributed by atoms with Crippen LogP contribution in [0.2, 0.25) is 0 Å². The van der Waals surface area contributed by atoms with Crippen LogP contribution in [0.3, 0.4) is 0 Å². The van der Waals surface area contributed by atoms with Crippen molar-refractivity contribution in [2.24, 2.45) is 0 Å². The van der Waals surface area contributed by atoms with Crippen LogP contribution in [0.1, 0.15) is 16.7 Å². The maximum atomic E-state index is 8.86. The number of benzene rings is 2. The summed E-state index contributed by atoms with van der Waals surface area (Å²) in [5, 5.41) is 15.6. The number of hydrogen-bond donors (Lipinski definition) is 2. The first-order valence-electron chi connectivity index (χ1n) is 6.24. The molecule has 0 heterocycles. The molecule has 0 radical (unpaired) electrons. The lowest BCUT2D eigenvalue weighted by molar-refractivity contribution is 1.34. The van der Waals surface area contributed by atoms with E-state index in [-0.39, 0.29) is 0 Å². The Morgan fingerprint density at radius 2 is 1.70 bits per heavy atom. The number of aryl methyl sites for hydroxylation is 2. The summed E-state index contributed by atoms with van der Waals surface area (Å²) < 4.78 is 0. The Morgan fingerprint density at radius 3 is 2.35 bits per heavy atom. The van der Waals surface area contributed by atoms with Gasteiger partial charge in [-0.25, -0.2) is 0 Å². The van der Waals surface area contributed by atoms with Crippen molar-refractivity contribution in [1.29, 1.82) is 5.26 Å². The number of rotatable bonds is 2. The molecule has 0 spiro atoms. The van der Waals surface area contributed by atoms with E-state index in [9.17, 15) is 0 Å². The van der Waals surface area contributed by atoms with Gasteiger partial charge in [0.1, 0.15) is 0 Å². The molecule has 2 aromatic carbocycles. The Labute approximate surface area is 124 Å². The third kappa shape index (κ3) is 3.56. The van der Waals surface area contributed by atoms with Crippen molar-refractivity contribution in [3.05, 3.63) is 59.2 Å². The van der Waals surface area contributed by atoms with Crippen molar-refractivity contribution >= 4 is 28.7 Å². The van der Waals surface area contributed by atoms with Crippen LogP contribution in [0.25, 0.3) is 0 Å². The molecule has 0 aliphatic carbocycles. The summed E-state index contributed by atoms with van der Waals surface area (Å²) in [6.07, 6.45) is 0. The zero-order chi connectivity index (χ0) is 14.5. The molecule has 3 nitrogen and oxygen atoms in total. The van der Waals surface area contributed by atoms with E-state index in [1.54, 1.807) is 12.1 Å². The Kier molecular flexibility index (Phi) is 4.34. The second-order valence-corrected chi connectivity index (χ2v) is 4.98. The first kappa shape index (κ1) is 14.0. The summed E-state index contributed by atoms with van der Waals surface area (Å²) in [5.74, 6) is 0. The molecule has 0 aliphatic rings. The number of nitrogens with one attached hydrogen (secondary N) is 2. The molecule has 0 aliphatic heterocycles. The van der Waals surface area contributed by atoms with Crippen molar-refractivity contribution in [3.8, 4) is 6.07 Å². The summed E-state index contributed by atoms with van der Waals surface area (Å²) in [6, 6.07) is 15.4. The molecule has 0 bridgehead atoms. The lowest BCUT2D eigenvalue weighted by Crippen LogP contribution is -2.19. The Bertz CT molecular complexity index is 686. The van der Waals surface area contributed by atoms with Crippen LogP contribution in [0.15, 0.2) is 42.5 Å². The van der Waals surface area contributed by atoms with Gasteiger partial charge in [0.05, 0.1) is 11.6 Å². The smallest absolute Gasteiger partial charge is 0.175 e. The van der Waals surface area contributed by atoms with Gasteiger partial charge in [0.15, 0.2) is 5.11 Å². The highest BCUT2D eigenvalue weighted by atomic mass is 32.1. The number of thiocarbonyl (C=S) groups is 1. The molecule has 0 saturated heterocycles. The van der Waals surface area contributed by atoms with Gasteiger partial charge in [0.25, 0.3) is 0 Å². The zero-order valence-electron chi connectivity index (χ0n) is 11.4. The molecular formula is C16H15N3S. The predicted molar refractivity (Wildman–Crippen MR) is 86.9 cm³/mol. The number of hydrogen-bond acceptors (Lipinski definition) is 2. The molecule has 100 valence electrons. The van der Waals surface area contributed by atoms with Crippen molar-refractivity contribution in [2.45, 2.75) is 13.8 Å². The van der Waals surface area contributed by atoms with Crippen LogP contribution in [0.4, 0.5) is 11.4 Å². The highest BCUT2D eigenvalue weighted by Gasteiger charge is 2.01. The number of nitrogens with zero attached hydrogens (tertiary/aromatic N) is 1. The fourth-order valence-electron chi connectivity index (χ4n) is 1.78. The topological polar surface area (TPSA) is 47.8 Å². The molecular weight excluding hydrogens is 266 g/mol. The van der Waals surface area contributed by atoms with Gasteiger partial charge in [0, 0.05) is 11.4 Å². The van der Waals surface area contributed by atoms with Crippen molar-refractivity contribution in [1.82, 2.24) is 0 Å². The van der Waals surface area contributed by atoms with Gasteiger partial charge in [0.2, 0.25) is 0 Å². The molecule has 0 unspecified atom stereocenters. The normalized spacial score (nSPS) is 9.65. The van der Waals surface area contributed by atoms with Crippen molar-refractivity contribution in [3.63, 3.8) is 0 Å². The molecule has 2 aromatic rings. The first-order chi connectivity index (χ1) is 9.58. The van der Waals surface area contributed by atoms with E-state index in [4.69, 9.17) is 17.5 Å². The largest absolute Gasteiger partial charge is 0.332 e. The quantitative estimate of drug-likeness (QED) is 0.817. The fraction of sp³-hybridized carbons (Fsp3) is 0.125. The van der Waals surface area contributed by atoms with Gasteiger partial charge in [-0.05, 0) is 67.5 Å². The lowest BCUT2D eigenvalue weighted by atomic mass is 10.1. The Balaban J connectivity index is 2.05. The highest BCUT2D eigenvalue weighted by Crippen LogP contribution is 2.15. The fourth-order valence-corrected chi connectivity index (χ4v) is 2.01. The van der Waals surface area contributed by atoms with Crippen LogP contribution in [0.5, 0.6) is 0 Å². The first-order valence-corrected chi connectivity index (χ1v) is 6.65. The van der Waals surface area contributed by atoms with E-state index in [2.05, 4.69) is 42.7 Å². The van der Waals surface area contributed by atoms with E-state index in [1.807, 2.05) is 18.2 Å². The van der Waals surface area contributed by atoms with Gasteiger partial charge >= 0.3 is 0 Å². The minimum Gasteiger partial charge on any atom is -0.332 e. The molecule has 4 heteroatoms. The van der Waals surface area contributed by atoms with Gasteiger partial charge in [-0.2, -0.15) is 5.26 Å². The minimum absolute atomic E-state index is 0.503. The number of anilines is 2. The van der Waals surface area contributed by atoms with Crippen LogP contribution < -0.4 is 10.6 Å². The highest BCUT2D eigenvalue weighted by molar-refractivity contribution is 7.80. The number of nitriles is 1. The average molecular weight is 281 g/mol. The molecule has 0 saturated carbocycles. The van der Waals surface area contributed by atoms with E-state index < -0.39 is 0 Å². The van der Waals surface area contributed by atoms with Crippen molar-refractivity contribution < 1.29 is 0 Å². The maximum absolute atomic E-state index is 8.86. The standard InChI is InChI=1S/C16H15N3S/c1-11-6-7-15(8-12(11)2)19-16(20)18-14-5-3-4-13(9-14)10-17/h3-9H,1-2H3,(H2,18,19,20). The predicted octanol–water partition coefficient (Wildman–Crippen LogP) is 3.98. The Morgan fingerprint density at radius 1 is 1.00 bits per heavy atom. The minimum atomic E-state index is 0.503. The third-order valence-corrected chi connectivity index (χ3v) is 3.22. The summed E-state index contributed by atoms with van der Waals surface area (Å²) in [5.41, 5.74) is 4.80. The molecule has 0 atom stereocenters. The summed E-state index contributed by atoms with van der Waals surface area (Å²) >= 11 is 5.27. The maximum Gasteiger partial charge on any atom is 0.175 e. The second-order valence-electron chi connectivity index (χ2n) is 4.57. The average Bonchev–Trinajstić information content (AvgIpc) is 2.43. The van der Waals surface area contributed by atoms with Gasteiger partial charge in [-0.1, -0.05) is 12.1 Å². The molecule has 2 rings (SSSR count). The second kappa shape index (κ2) is 6.18. The van der Waals surface area contributed by atoms with E-state index in [0.717, 1.165) is 11.4 Å². The van der Waals surface area contributed by atoms with Crippen molar-refractivity contribution in [2.75, 3.05) is 10.6 Å². The van der Waals surface area contributed by atoms with E-state index in [1.165, 1.54) is 11.1 Å². The van der Waals surface area contributed by atoms with Gasteiger partial charge in [-0.3, -0.25) is 0 Å².